The Bertz CT molecular complexity index is 1090. The molecular formula is C20H15ClN4O3. The van der Waals surface area contributed by atoms with E-state index in [2.05, 4.69) is 10.4 Å². The van der Waals surface area contributed by atoms with Crippen molar-refractivity contribution in [3.8, 4) is 11.8 Å². The van der Waals surface area contributed by atoms with Gasteiger partial charge in [0.2, 0.25) is 0 Å². The second-order valence-corrected chi connectivity index (χ2v) is 6.07. The number of benzene rings is 2. The van der Waals surface area contributed by atoms with Gasteiger partial charge in [0.05, 0.1) is 23.4 Å². The first-order valence-electron chi connectivity index (χ1n) is 8.36. The van der Waals surface area contributed by atoms with E-state index in [9.17, 15) is 9.59 Å². The van der Waals surface area contributed by atoms with E-state index in [1.54, 1.807) is 30.3 Å². The summed E-state index contributed by atoms with van der Waals surface area (Å²) in [4.78, 5) is 25.2. The Morgan fingerprint density at radius 1 is 1.25 bits per heavy atom. The number of carbonyl (C=O) groups is 2. The van der Waals surface area contributed by atoms with Crippen molar-refractivity contribution in [1.29, 1.82) is 5.26 Å². The van der Waals surface area contributed by atoms with E-state index < -0.39 is 11.8 Å². The van der Waals surface area contributed by atoms with Crippen molar-refractivity contribution in [2.75, 3.05) is 11.9 Å². The molecule has 28 heavy (non-hydrogen) atoms. The van der Waals surface area contributed by atoms with Crippen molar-refractivity contribution >= 4 is 29.1 Å². The number of anilines is 1. The van der Waals surface area contributed by atoms with Crippen LogP contribution < -0.4 is 10.1 Å². The number of amides is 1. The average molecular weight is 395 g/mol. The summed E-state index contributed by atoms with van der Waals surface area (Å²) in [6.07, 6.45) is 1.39. The third-order valence-electron chi connectivity index (χ3n) is 3.80. The van der Waals surface area contributed by atoms with Gasteiger partial charge in [0.1, 0.15) is 11.8 Å². The van der Waals surface area contributed by atoms with Gasteiger partial charge < -0.3 is 10.1 Å². The molecule has 0 radical (unpaired) electrons. The third-order valence-corrected chi connectivity index (χ3v) is 4.03. The maximum Gasteiger partial charge on any atom is 0.281 e. The molecule has 2 aromatic carbocycles. The minimum atomic E-state index is -0.566. The van der Waals surface area contributed by atoms with Crippen LogP contribution in [0.1, 0.15) is 33.3 Å². The van der Waals surface area contributed by atoms with Crippen LogP contribution >= 0.6 is 11.6 Å². The zero-order valence-electron chi connectivity index (χ0n) is 14.8. The number of hydrogen-bond acceptors (Lipinski definition) is 5. The molecule has 0 aliphatic heterocycles. The van der Waals surface area contributed by atoms with Gasteiger partial charge in [-0.25, -0.2) is 4.68 Å². The molecule has 0 aliphatic rings. The lowest BCUT2D eigenvalue weighted by molar-refractivity contribution is 0.0940. The van der Waals surface area contributed by atoms with Gasteiger partial charge in [-0.2, -0.15) is 10.4 Å². The summed E-state index contributed by atoms with van der Waals surface area (Å²) in [5.41, 5.74) is 0.883. The fourth-order valence-corrected chi connectivity index (χ4v) is 2.68. The molecule has 0 saturated carbocycles. The lowest BCUT2D eigenvalue weighted by atomic mass is 10.2. The second kappa shape index (κ2) is 8.37. The van der Waals surface area contributed by atoms with E-state index in [-0.39, 0.29) is 16.9 Å². The zero-order chi connectivity index (χ0) is 20.1. The third kappa shape index (κ3) is 4.03. The SMILES string of the molecule is CCOc1ccccc1C(=O)n1ccc(C(=O)Nc2cc(Cl)ccc2C#N)n1. The number of para-hydroxylation sites is 1. The van der Waals surface area contributed by atoms with E-state index in [1.807, 2.05) is 13.0 Å². The van der Waals surface area contributed by atoms with Crippen LogP contribution in [0.15, 0.2) is 54.7 Å². The molecule has 8 heteroatoms. The van der Waals surface area contributed by atoms with Crippen LogP contribution in [-0.2, 0) is 0 Å². The van der Waals surface area contributed by atoms with Gasteiger partial charge >= 0.3 is 0 Å². The second-order valence-electron chi connectivity index (χ2n) is 5.64. The van der Waals surface area contributed by atoms with Crippen molar-refractivity contribution in [2.24, 2.45) is 0 Å². The Morgan fingerprint density at radius 2 is 2.04 bits per heavy atom. The smallest absolute Gasteiger partial charge is 0.281 e. The Kier molecular flexibility index (Phi) is 5.72. The van der Waals surface area contributed by atoms with Gasteiger partial charge in [0, 0.05) is 11.2 Å². The Hall–Kier alpha value is -3.63. The summed E-state index contributed by atoms with van der Waals surface area (Å²) >= 11 is 5.92. The van der Waals surface area contributed by atoms with Crippen LogP contribution in [0.4, 0.5) is 5.69 Å². The molecule has 0 spiro atoms. The number of rotatable bonds is 5. The molecule has 3 aromatic rings. The number of halogens is 1. The Morgan fingerprint density at radius 3 is 2.79 bits per heavy atom. The molecule has 7 nitrogen and oxygen atoms in total. The topological polar surface area (TPSA) is 97.0 Å². The largest absolute Gasteiger partial charge is 0.493 e. The first-order valence-corrected chi connectivity index (χ1v) is 8.74. The van der Waals surface area contributed by atoms with Gasteiger partial charge in [-0.3, -0.25) is 9.59 Å². The highest BCUT2D eigenvalue weighted by atomic mass is 35.5. The number of ether oxygens (including phenoxy) is 1. The maximum absolute atomic E-state index is 12.7. The lowest BCUT2D eigenvalue weighted by Gasteiger charge is -2.08. The van der Waals surface area contributed by atoms with E-state index in [0.29, 0.717) is 22.9 Å². The van der Waals surface area contributed by atoms with Crippen LogP contribution in [0.5, 0.6) is 5.75 Å². The molecule has 1 amide bonds. The molecule has 1 N–H and O–H groups in total. The van der Waals surface area contributed by atoms with Crippen molar-refractivity contribution < 1.29 is 14.3 Å². The predicted octanol–water partition coefficient (Wildman–Crippen LogP) is 3.75. The monoisotopic (exact) mass is 394 g/mol. The fourth-order valence-electron chi connectivity index (χ4n) is 2.51. The zero-order valence-corrected chi connectivity index (χ0v) is 15.6. The van der Waals surface area contributed by atoms with Crippen molar-refractivity contribution in [1.82, 2.24) is 9.78 Å². The molecule has 0 saturated heterocycles. The first kappa shape index (κ1) is 19.1. The molecule has 0 fully saturated rings. The predicted molar refractivity (Wildman–Crippen MR) is 104 cm³/mol. The highest BCUT2D eigenvalue weighted by molar-refractivity contribution is 6.31. The summed E-state index contributed by atoms with van der Waals surface area (Å²) < 4.78 is 6.53. The van der Waals surface area contributed by atoms with Crippen molar-refractivity contribution in [3.63, 3.8) is 0 Å². The summed E-state index contributed by atoms with van der Waals surface area (Å²) in [5, 5.41) is 16.2. The maximum atomic E-state index is 12.7. The van der Waals surface area contributed by atoms with Crippen LogP contribution in [0, 0.1) is 11.3 Å². The standard InChI is InChI=1S/C20H15ClN4O3/c1-2-28-18-6-4-3-5-15(18)20(27)25-10-9-16(24-25)19(26)23-17-11-14(21)8-7-13(17)12-22/h3-11H,2H2,1H3,(H,23,26). The van der Waals surface area contributed by atoms with Gasteiger partial charge in [-0.05, 0) is 43.3 Å². The molecule has 0 bridgehead atoms. The summed E-state index contributed by atoms with van der Waals surface area (Å²) in [6, 6.07) is 14.7. The van der Waals surface area contributed by atoms with Gasteiger partial charge in [-0.1, -0.05) is 23.7 Å². The molecule has 0 unspecified atom stereocenters. The lowest BCUT2D eigenvalue weighted by Crippen LogP contribution is -2.17. The van der Waals surface area contributed by atoms with E-state index in [1.165, 1.54) is 24.4 Å². The quantitative estimate of drug-likeness (QED) is 0.710. The first-order chi connectivity index (χ1) is 13.5. The number of nitriles is 1. The summed E-state index contributed by atoms with van der Waals surface area (Å²) in [6.45, 7) is 2.24. The molecule has 0 atom stereocenters. The minimum absolute atomic E-state index is 0.0195. The fraction of sp³-hybridized carbons (Fsp3) is 0.100. The van der Waals surface area contributed by atoms with Gasteiger partial charge in [0.15, 0.2) is 5.69 Å². The van der Waals surface area contributed by atoms with E-state index in [0.717, 1.165) is 4.68 Å². The molecule has 0 aliphatic carbocycles. The molecule has 1 aromatic heterocycles. The minimum Gasteiger partial charge on any atom is -0.493 e. The Balaban J connectivity index is 1.83. The Labute approximate surface area is 166 Å². The van der Waals surface area contributed by atoms with Crippen LogP contribution in [0.3, 0.4) is 0 Å². The van der Waals surface area contributed by atoms with E-state index >= 15 is 0 Å². The van der Waals surface area contributed by atoms with Crippen molar-refractivity contribution in [3.05, 3.63) is 76.6 Å². The molecular weight excluding hydrogens is 380 g/mol. The number of aromatic nitrogens is 2. The summed E-state index contributed by atoms with van der Waals surface area (Å²) in [5.74, 6) is -0.555. The summed E-state index contributed by atoms with van der Waals surface area (Å²) in [7, 11) is 0. The highest BCUT2D eigenvalue weighted by Crippen LogP contribution is 2.22. The van der Waals surface area contributed by atoms with Crippen LogP contribution in [0.2, 0.25) is 5.02 Å². The number of nitrogens with zero attached hydrogens (tertiary/aromatic N) is 3. The van der Waals surface area contributed by atoms with Crippen LogP contribution in [-0.4, -0.2) is 28.2 Å². The number of nitrogens with one attached hydrogen (secondary N) is 1. The molecule has 3 rings (SSSR count). The number of carbonyl (C=O) groups excluding carboxylic acids is 2. The molecule has 140 valence electrons. The highest BCUT2D eigenvalue weighted by Gasteiger charge is 2.18. The van der Waals surface area contributed by atoms with Crippen molar-refractivity contribution in [2.45, 2.75) is 6.92 Å². The normalized spacial score (nSPS) is 10.2. The number of hydrogen-bond donors (Lipinski definition) is 1. The van der Waals surface area contributed by atoms with E-state index in [4.69, 9.17) is 21.6 Å². The van der Waals surface area contributed by atoms with Gasteiger partial charge in [0.25, 0.3) is 11.8 Å². The molecule has 1 heterocycles. The van der Waals surface area contributed by atoms with Gasteiger partial charge in [-0.15, -0.1) is 0 Å². The van der Waals surface area contributed by atoms with Crippen LogP contribution in [0.25, 0.3) is 0 Å². The average Bonchev–Trinajstić information content (AvgIpc) is 3.19.